The second kappa shape index (κ2) is 14.1. The quantitative estimate of drug-likeness (QED) is 0.167. The second-order valence-corrected chi connectivity index (χ2v) is 16.9. The lowest BCUT2D eigenvalue weighted by atomic mass is 9.70. The number of rotatable bonds is 6. The van der Waals surface area contributed by atoms with Gasteiger partial charge in [0.2, 0.25) is 0 Å². The van der Waals surface area contributed by atoms with Gasteiger partial charge in [0, 0.05) is 27.3 Å². The zero-order valence-electron chi connectivity index (χ0n) is 34.6. The van der Waals surface area contributed by atoms with Crippen LogP contribution in [-0.4, -0.2) is 0 Å². The van der Waals surface area contributed by atoms with E-state index in [4.69, 9.17) is 4.42 Å². The molecule has 1 aromatic heterocycles. The molecule has 1 aliphatic heterocycles. The zero-order chi connectivity index (χ0) is 41.4. The molecule has 0 amide bonds. The number of fused-ring (bicyclic) bond motifs is 7. The summed E-state index contributed by atoms with van der Waals surface area (Å²) < 4.78 is 6.85. The van der Waals surface area contributed by atoms with Gasteiger partial charge in [-0.15, -0.1) is 0 Å². The summed E-state index contributed by atoms with van der Waals surface area (Å²) in [6.45, 7) is 4.78. The van der Waals surface area contributed by atoms with Gasteiger partial charge in [0.25, 0.3) is 0 Å². The maximum Gasteiger partial charge on any atom is 0.159 e. The van der Waals surface area contributed by atoms with E-state index in [2.05, 4.69) is 236 Å². The first-order chi connectivity index (χ1) is 30.5. The second-order valence-electron chi connectivity index (χ2n) is 16.9. The summed E-state index contributed by atoms with van der Waals surface area (Å²) in [5.74, 6) is 0. The largest absolute Gasteiger partial charge is 0.454 e. The first-order valence-electron chi connectivity index (χ1n) is 21.4. The van der Waals surface area contributed by atoms with E-state index < -0.39 is 0 Å². The summed E-state index contributed by atoms with van der Waals surface area (Å²) in [5.41, 5.74) is 15.2. The molecule has 11 aromatic rings. The van der Waals surface area contributed by atoms with Gasteiger partial charge >= 0.3 is 0 Å². The van der Waals surface area contributed by atoms with Crippen LogP contribution in [0.15, 0.2) is 223 Å². The molecule has 0 fully saturated rings. The molecular formula is C59H42N2O. The van der Waals surface area contributed by atoms with Crippen LogP contribution in [0.25, 0.3) is 65.7 Å². The van der Waals surface area contributed by atoms with E-state index in [0.717, 1.165) is 55.6 Å². The minimum atomic E-state index is -0.317. The molecule has 62 heavy (non-hydrogen) atoms. The molecular weight excluding hydrogens is 753 g/mol. The van der Waals surface area contributed by atoms with Crippen LogP contribution in [0.2, 0.25) is 0 Å². The number of nitrogens with zero attached hydrogens (tertiary/aromatic N) is 2. The Bertz CT molecular complexity index is 3510. The van der Waals surface area contributed by atoms with E-state index in [9.17, 15) is 0 Å². The topological polar surface area (TPSA) is 19.6 Å². The van der Waals surface area contributed by atoms with Crippen LogP contribution in [-0.2, 0) is 5.41 Å². The molecule has 3 heteroatoms. The molecule has 0 unspecified atom stereocenters. The maximum absolute atomic E-state index is 6.85. The van der Waals surface area contributed by atoms with Crippen LogP contribution in [0.3, 0.4) is 0 Å². The predicted octanol–water partition coefficient (Wildman–Crippen LogP) is 16.8. The standard InChI is InChI=1S/C59H42N2O/c1-59(2)50-25-11-12-26-51(50)61(52-27-14-23-46(56(52)59)44-31-30-40-18-6-7-20-43(40)38-44)57-47-21-9-8-19-42(47)34-37-53(57)60(45-35-32-41(33-36-45)39-16-4-3-5-17-39)54-28-15-24-49-48-22-10-13-29-55(48)62-58(49)54/h3-38H,1-2H3. The molecule has 0 bridgehead atoms. The number of furan rings is 1. The third-order valence-corrected chi connectivity index (χ3v) is 13.0. The van der Waals surface area contributed by atoms with Crippen molar-refractivity contribution in [2.24, 2.45) is 0 Å². The average molecular weight is 795 g/mol. The fourth-order valence-electron chi connectivity index (χ4n) is 10.1. The highest BCUT2D eigenvalue weighted by molar-refractivity contribution is 6.13. The Kier molecular flexibility index (Phi) is 8.20. The Balaban J connectivity index is 1.17. The van der Waals surface area contributed by atoms with Crippen molar-refractivity contribution < 1.29 is 4.42 Å². The molecule has 1 aliphatic rings. The molecule has 3 nitrogen and oxygen atoms in total. The molecule has 10 aromatic carbocycles. The monoisotopic (exact) mass is 794 g/mol. The van der Waals surface area contributed by atoms with Crippen molar-refractivity contribution in [2.45, 2.75) is 19.3 Å². The van der Waals surface area contributed by atoms with E-state index in [-0.39, 0.29) is 5.41 Å². The lowest BCUT2D eigenvalue weighted by molar-refractivity contribution is 0.634. The van der Waals surface area contributed by atoms with Crippen molar-refractivity contribution in [1.29, 1.82) is 0 Å². The molecule has 2 heterocycles. The van der Waals surface area contributed by atoms with Crippen LogP contribution >= 0.6 is 0 Å². The smallest absolute Gasteiger partial charge is 0.159 e. The molecule has 0 saturated carbocycles. The fourth-order valence-corrected chi connectivity index (χ4v) is 10.1. The fraction of sp³-hybridized carbons (Fsp3) is 0.0508. The summed E-state index contributed by atoms with van der Waals surface area (Å²) in [5, 5.41) is 6.99. The summed E-state index contributed by atoms with van der Waals surface area (Å²) in [4.78, 5) is 4.96. The van der Waals surface area contributed by atoms with Crippen molar-refractivity contribution in [2.75, 3.05) is 9.80 Å². The van der Waals surface area contributed by atoms with Crippen LogP contribution in [0.1, 0.15) is 25.0 Å². The van der Waals surface area contributed by atoms with Gasteiger partial charge in [-0.2, -0.15) is 0 Å². The van der Waals surface area contributed by atoms with Crippen molar-refractivity contribution >= 4 is 77.6 Å². The van der Waals surface area contributed by atoms with E-state index in [1.165, 1.54) is 55.4 Å². The number of anilines is 6. The summed E-state index contributed by atoms with van der Waals surface area (Å²) in [6.07, 6.45) is 0. The molecule has 12 rings (SSSR count). The van der Waals surface area contributed by atoms with Gasteiger partial charge in [-0.1, -0.05) is 184 Å². The number of benzene rings is 10. The van der Waals surface area contributed by atoms with E-state index in [1.807, 2.05) is 6.07 Å². The van der Waals surface area contributed by atoms with Gasteiger partial charge in [0.1, 0.15) is 5.58 Å². The third kappa shape index (κ3) is 5.59. The van der Waals surface area contributed by atoms with Gasteiger partial charge in [0.15, 0.2) is 5.58 Å². The minimum absolute atomic E-state index is 0.317. The first-order valence-corrected chi connectivity index (χ1v) is 21.4. The normalized spacial score (nSPS) is 13.1. The van der Waals surface area contributed by atoms with Crippen LogP contribution in [0, 0.1) is 0 Å². The molecule has 0 spiro atoms. The highest BCUT2D eigenvalue weighted by atomic mass is 16.3. The van der Waals surface area contributed by atoms with Crippen LogP contribution < -0.4 is 9.80 Å². The van der Waals surface area contributed by atoms with E-state index in [0.29, 0.717) is 0 Å². The van der Waals surface area contributed by atoms with Crippen molar-refractivity contribution in [1.82, 2.24) is 0 Å². The Labute approximate surface area is 361 Å². The Hall–Kier alpha value is -7.88. The summed E-state index contributed by atoms with van der Waals surface area (Å²) >= 11 is 0. The predicted molar refractivity (Wildman–Crippen MR) is 261 cm³/mol. The van der Waals surface area contributed by atoms with Crippen LogP contribution in [0.5, 0.6) is 0 Å². The molecule has 0 atom stereocenters. The highest BCUT2D eigenvalue weighted by Gasteiger charge is 2.40. The van der Waals surface area contributed by atoms with Gasteiger partial charge in [-0.3, -0.25) is 0 Å². The third-order valence-electron chi connectivity index (χ3n) is 13.0. The van der Waals surface area contributed by atoms with Gasteiger partial charge in [-0.25, -0.2) is 0 Å². The van der Waals surface area contributed by atoms with Crippen molar-refractivity contribution in [3.63, 3.8) is 0 Å². The van der Waals surface area contributed by atoms with Gasteiger partial charge in [0.05, 0.1) is 28.4 Å². The number of para-hydroxylation sites is 3. The zero-order valence-corrected chi connectivity index (χ0v) is 34.6. The number of hydrogen-bond donors (Lipinski definition) is 0. The Morgan fingerprint density at radius 3 is 1.92 bits per heavy atom. The molecule has 0 radical (unpaired) electrons. The summed E-state index contributed by atoms with van der Waals surface area (Å²) in [6, 6.07) is 79.3. The van der Waals surface area contributed by atoms with E-state index in [1.54, 1.807) is 0 Å². The van der Waals surface area contributed by atoms with E-state index >= 15 is 0 Å². The number of hydrogen-bond acceptors (Lipinski definition) is 3. The van der Waals surface area contributed by atoms with Gasteiger partial charge < -0.3 is 14.2 Å². The molecule has 0 aliphatic carbocycles. The summed E-state index contributed by atoms with van der Waals surface area (Å²) in [7, 11) is 0. The Morgan fingerprint density at radius 1 is 0.435 bits per heavy atom. The lowest BCUT2D eigenvalue weighted by Crippen LogP contribution is -2.32. The van der Waals surface area contributed by atoms with Gasteiger partial charge in [-0.05, 0) is 98.1 Å². The first kappa shape index (κ1) is 36.0. The highest BCUT2D eigenvalue weighted by Crippen LogP contribution is 2.58. The minimum Gasteiger partial charge on any atom is -0.454 e. The van der Waals surface area contributed by atoms with Crippen molar-refractivity contribution in [3.8, 4) is 22.3 Å². The molecule has 0 saturated heterocycles. The molecule has 294 valence electrons. The molecule has 0 N–H and O–H groups in total. The van der Waals surface area contributed by atoms with Crippen LogP contribution in [0.4, 0.5) is 34.1 Å². The van der Waals surface area contributed by atoms with Crippen molar-refractivity contribution in [3.05, 3.63) is 230 Å². The average Bonchev–Trinajstić information content (AvgIpc) is 3.72. The lowest BCUT2D eigenvalue weighted by Gasteiger charge is -2.44. The SMILES string of the molecule is CC1(C)c2ccccc2N(c2c(N(c3ccc(-c4ccccc4)cc3)c3cccc4c3oc3ccccc34)ccc3ccccc23)c2cccc(-c3ccc4ccccc4c3)c21. The maximum atomic E-state index is 6.85. The Morgan fingerprint density at radius 2 is 1.06 bits per heavy atom.